The van der Waals surface area contributed by atoms with E-state index in [0.717, 1.165) is 71.4 Å². The molecular weight excluding hydrogens is 396 g/mol. The lowest BCUT2D eigenvalue weighted by molar-refractivity contribution is 0.210. The highest BCUT2D eigenvalue weighted by Crippen LogP contribution is 2.44. The Balaban J connectivity index is 1.42. The molecule has 0 bridgehead atoms. The van der Waals surface area contributed by atoms with Crippen molar-refractivity contribution in [2.45, 2.75) is 51.1 Å². The topological polar surface area (TPSA) is 115 Å². The molecule has 2 aromatic rings. The second-order valence-electron chi connectivity index (χ2n) is 7.79. The first-order valence-electron chi connectivity index (χ1n) is 10.1. The highest BCUT2D eigenvalue weighted by molar-refractivity contribution is 8.15. The Morgan fingerprint density at radius 2 is 1.87 bits per heavy atom. The minimum absolute atomic E-state index is 0.336. The Morgan fingerprint density at radius 1 is 1.17 bits per heavy atom. The molecule has 0 unspecified atom stereocenters. The second kappa shape index (κ2) is 8.61. The van der Waals surface area contributed by atoms with Crippen molar-refractivity contribution >= 4 is 33.9 Å². The number of piperidine rings is 1. The second-order valence-corrected chi connectivity index (χ2v) is 8.81. The van der Waals surface area contributed by atoms with Crippen molar-refractivity contribution in [3.63, 3.8) is 0 Å². The Hall–Kier alpha value is -2.65. The van der Waals surface area contributed by atoms with Crippen molar-refractivity contribution in [2.24, 2.45) is 0 Å². The lowest BCUT2D eigenvalue weighted by atomic mass is 10.0. The van der Waals surface area contributed by atoms with Gasteiger partial charge < -0.3 is 10.7 Å². The molecule has 2 aliphatic rings. The monoisotopic (exact) mass is 422 g/mol. The van der Waals surface area contributed by atoms with Crippen molar-refractivity contribution in [3.05, 3.63) is 41.4 Å². The van der Waals surface area contributed by atoms with E-state index in [1.54, 1.807) is 13.3 Å². The number of fused-ring (bicyclic) bond motifs is 1. The normalized spacial score (nSPS) is 19.0. The van der Waals surface area contributed by atoms with Gasteiger partial charge in [0.05, 0.1) is 10.6 Å². The molecule has 0 aliphatic carbocycles. The van der Waals surface area contributed by atoms with E-state index in [1.165, 1.54) is 11.8 Å². The highest BCUT2D eigenvalue weighted by Gasteiger charge is 2.31. The molecule has 1 fully saturated rings. The van der Waals surface area contributed by atoms with Crippen molar-refractivity contribution in [2.75, 3.05) is 18.4 Å². The van der Waals surface area contributed by atoms with Gasteiger partial charge in [-0.2, -0.15) is 0 Å². The van der Waals surface area contributed by atoms with E-state index < -0.39 is 0 Å². The number of aryl methyl sites for hydroxylation is 1. The van der Waals surface area contributed by atoms with Gasteiger partial charge in [0.2, 0.25) is 0 Å². The molecule has 0 aromatic carbocycles. The largest absolute Gasteiger partial charge is 0.366 e. The third kappa shape index (κ3) is 4.27. The van der Waals surface area contributed by atoms with E-state index in [9.17, 15) is 0 Å². The zero-order chi connectivity index (χ0) is 21.3. The summed E-state index contributed by atoms with van der Waals surface area (Å²) in [5, 5.41) is 20.3. The molecule has 4 rings (SSSR count). The van der Waals surface area contributed by atoms with Crippen molar-refractivity contribution < 1.29 is 0 Å². The predicted octanol–water partition coefficient (Wildman–Crippen LogP) is 3.55. The van der Waals surface area contributed by atoms with Crippen LogP contribution in [0.15, 0.2) is 29.2 Å². The number of likely N-dealkylation sites (tertiary alicyclic amines) is 1. The molecule has 2 aliphatic heterocycles. The summed E-state index contributed by atoms with van der Waals surface area (Å²) >= 11 is 1.38. The van der Waals surface area contributed by atoms with Crippen LogP contribution >= 0.6 is 11.8 Å². The van der Waals surface area contributed by atoms with Gasteiger partial charge in [-0.1, -0.05) is 11.8 Å². The van der Waals surface area contributed by atoms with Crippen LogP contribution < -0.4 is 5.32 Å². The molecule has 1 saturated heterocycles. The van der Waals surface area contributed by atoms with Crippen LogP contribution in [-0.2, 0) is 6.54 Å². The van der Waals surface area contributed by atoms with E-state index in [2.05, 4.69) is 30.2 Å². The number of thioether (sulfide) groups is 1. The van der Waals surface area contributed by atoms with Crippen LogP contribution in [0, 0.1) is 17.7 Å². The van der Waals surface area contributed by atoms with Crippen molar-refractivity contribution in [1.82, 2.24) is 24.8 Å². The molecule has 8 nitrogen and oxygen atoms in total. The van der Waals surface area contributed by atoms with Gasteiger partial charge in [0, 0.05) is 54.9 Å². The first-order valence-corrected chi connectivity index (χ1v) is 10.9. The summed E-state index contributed by atoms with van der Waals surface area (Å²) in [7, 11) is 0. The summed E-state index contributed by atoms with van der Waals surface area (Å²) in [6.45, 7) is 8.40. The van der Waals surface area contributed by atoms with Gasteiger partial charge in [-0.25, -0.2) is 19.9 Å². The molecule has 0 amide bonds. The third-order valence-corrected chi connectivity index (χ3v) is 6.58. The average Bonchev–Trinajstić information content (AvgIpc) is 3.07. The van der Waals surface area contributed by atoms with Crippen LogP contribution in [0.3, 0.4) is 0 Å². The fourth-order valence-electron chi connectivity index (χ4n) is 3.74. The fourth-order valence-corrected chi connectivity index (χ4v) is 4.75. The summed E-state index contributed by atoms with van der Waals surface area (Å²) < 4.78 is 0. The summed E-state index contributed by atoms with van der Waals surface area (Å²) in [4.78, 5) is 20.8. The zero-order valence-electron chi connectivity index (χ0n) is 17.5. The molecule has 3 N–H and O–H groups in total. The summed E-state index contributed by atoms with van der Waals surface area (Å²) in [5.74, 6) is 1.60. The number of nitrogens with one attached hydrogen (secondary N) is 3. The van der Waals surface area contributed by atoms with E-state index in [-0.39, 0.29) is 0 Å². The summed E-state index contributed by atoms with van der Waals surface area (Å²) in [6, 6.07) is 0.336. The summed E-state index contributed by atoms with van der Waals surface area (Å²) in [5.41, 5.74) is 3.92. The smallest absolute Gasteiger partial charge is 0.144 e. The predicted molar refractivity (Wildman–Crippen MR) is 120 cm³/mol. The third-order valence-electron chi connectivity index (χ3n) is 5.58. The number of hydrogen-bond donors (Lipinski definition) is 3. The van der Waals surface area contributed by atoms with E-state index in [4.69, 9.17) is 10.8 Å². The number of allylic oxidation sites excluding steroid dienone is 1. The SMILES string of the molecule is CC(=N)/C(C)=C1\C(=N)Sc2c(NC3CCN(Cc4cnc(C)nc4)CC3)ncnc21. The molecule has 156 valence electrons. The number of aromatic nitrogens is 4. The lowest BCUT2D eigenvalue weighted by Gasteiger charge is -2.32. The van der Waals surface area contributed by atoms with E-state index in [1.807, 2.05) is 26.2 Å². The molecular formula is C21H26N8S. The minimum Gasteiger partial charge on any atom is -0.366 e. The van der Waals surface area contributed by atoms with Crippen molar-refractivity contribution in [3.8, 4) is 0 Å². The Bertz CT molecular complexity index is 1010. The Morgan fingerprint density at radius 3 is 2.53 bits per heavy atom. The van der Waals surface area contributed by atoms with Gasteiger partial charge in [0.1, 0.15) is 23.0 Å². The summed E-state index contributed by atoms with van der Waals surface area (Å²) in [6.07, 6.45) is 7.42. The number of anilines is 1. The maximum atomic E-state index is 8.37. The lowest BCUT2D eigenvalue weighted by Crippen LogP contribution is -2.39. The van der Waals surface area contributed by atoms with E-state index >= 15 is 0 Å². The standard InChI is InChI=1S/C21H26N8S/c1-12(13(2)22)17-18-19(30-20(17)23)21(27-11-26-18)28-16-4-6-29(7-5-16)10-15-8-24-14(3)25-9-15/h8-9,11,16,22-23H,4-7,10H2,1-3H3,(H,26,27,28)/b17-12-,22-13?,23-20?. The van der Waals surface area contributed by atoms with Crippen LogP contribution in [0.2, 0.25) is 0 Å². The van der Waals surface area contributed by atoms with Gasteiger partial charge in [0.25, 0.3) is 0 Å². The minimum atomic E-state index is 0.336. The number of nitrogens with zero attached hydrogens (tertiary/aromatic N) is 5. The average molecular weight is 423 g/mol. The Labute approximate surface area is 180 Å². The van der Waals surface area contributed by atoms with Gasteiger partial charge in [-0.15, -0.1) is 0 Å². The molecule has 2 aromatic heterocycles. The molecule has 0 spiro atoms. The van der Waals surface area contributed by atoms with Gasteiger partial charge in [0.15, 0.2) is 0 Å². The van der Waals surface area contributed by atoms with Gasteiger partial charge >= 0.3 is 0 Å². The molecule has 0 radical (unpaired) electrons. The maximum Gasteiger partial charge on any atom is 0.144 e. The van der Waals surface area contributed by atoms with E-state index in [0.29, 0.717) is 16.8 Å². The fraction of sp³-hybridized carbons (Fsp3) is 0.429. The molecule has 30 heavy (non-hydrogen) atoms. The number of hydrogen-bond acceptors (Lipinski definition) is 9. The number of rotatable bonds is 5. The van der Waals surface area contributed by atoms with Crippen LogP contribution in [-0.4, -0.2) is 54.7 Å². The quantitative estimate of drug-likeness (QED) is 0.631. The molecule has 9 heteroatoms. The van der Waals surface area contributed by atoms with Gasteiger partial charge in [-0.3, -0.25) is 10.3 Å². The highest BCUT2D eigenvalue weighted by atomic mass is 32.2. The molecule has 0 saturated carbocycles. The van der Waals surface area contributed by atoms with Gasteiger partial charge in [-0.05, 0) is 39.2 Å². The van der Waals surface area contributed by atoms with Crippen LogP contribution in [0.4, 0.5) is 5.82 Å². The van der Waals surface area contributed by atoms with Crippen LogP contribution in [0.5, 0.6) is 0 Å². The first-order chi connectivity index (χ1) is 14.4. The Kier molecular flexibility index (Phi) is 5.92. The zero-order valence-corrected chi connectivity index (χ0v) is 18.3. The molecule has 0 atom stereocenters. The van der Waals surface area contributed by atoms with Crippen LogP contribution in [0.25, 0.3) is 5.57 Å². The van der Waals surface area contributed by atoms with Crippen LogP contribution in [0.1, 0.15) is 43.8 Å². The first kappa shape index (κ1) is 20.6. The molecule has 4 heterocycles. The van der Waals surface area contributed by atoms with Crippen molar-refractivity contribution in [1.29, 1.82) is 10.8 Å². The maximum absolute atomic E-state index is 8.37.